The van der Waals surface area contributed by atoms with Crippen molar-refractivity contribution >= 4 is 64.7 Å². The molecule has 2 N–H and O–H groups in total. The maximum absolute atomic E-state index is 14.5. The molecule has 0 aliphatic rings. The van der Waals surface area contributed by atoms with Crippen LogP contribution in [0.5, 0.6) is 0 Å². The molecule has 35 heavy (non-hydrogen) atoms. The molecule has 0 fully saturated rings. The maximum atomic E-state index is 14.5. The van der Waals surface area contributed by atoms with Gasteiger partial charge in [0.05, 0.1) is 11.1 Å². The summed E-state index contributed by atoms with van der Waals surface area (Å²) in [6.45, 7) is 3.65. The molecule has 1 amide bonds. The fourth-order valence-corrected chi connectivity index (χ4v) is 5.79. The monoisotopic (exact) mass is 578 g/mol. The first-order chi connectivity index (χ1) is 16.3. The van der Waals surface area contributed by atoms with Gasteiger partial charge in [-0.2, -0.15) is 0 Å². The van der Waals surface area contributed by atoms with Gasteiger partial charge in [0.2, 0.25) is 10.0 Å². The number of sulfonamides is 1. The highest BCUT2D eigenvalue weighted by atomic mass is 79.9. The second kappa shape index (κ2) is 9.33. The van der Waals surface area contributed by atoms with E-state index in [2.05, 4.69) is 26.0 Å². The van der Waals surface area contributed by atoms with Gasteiger partial charge in [-0.1, -0.05) is 35.8 Å². The standard InChI is InChI=1S/C25H21BrF2N2O3S2/c1-25(2,20-6-4-17(27)13-21(20)28)15-10-16(26)12-19(11-15)29-24(31)23-9-14-8-18(30-35(3,32)33)5-7-22(14)34-23/h4-13,30H,1-3H3,(H,29,31). The van der Waals surface area contributed by atoms with E-state index < -0.39 is 27.1 Å². The Morgan fingerprint density at radius 2 is 1.71 bits per heavy atom. The average molecular weight is 579 g/mol. The van der Waals surface area contributed by atoms with Crippen LogP contribution in [-0.4, -0.2) is 20.6 Å². The third kappa shape index (κ3) is 5.71. The van der Waals surface area contributed by atoms with Crippen LogP contribution in [0.4, 0.5) is 20.2 Å². The third-order valence-corrected chi connectivity index (χ3v) is 7.70. The van der Waals surface area contributed by atoms with E-state index in [9.17, 15) is 22.0 Å². The lowest BCUT2D eigenvalue weighted by Crippen LogP contribution is -2.21. The van der Waals surface area contributed by atoms with Crippen molar-refractivity contribution in [2.24, 2.45) is 0 Å². The molecule has 1 aromatic heterocycles. The van der Waals surface area contributed by atoms with Crippen molar-refractivity contribution in [3.05, 3.63) is 92.8 Å². The van der Waals surface area contributed by atoms with E-state index in [1.165, 1.54) is 23.5 Å². The van der Waals surface area contributed by atoms with Crippen LogP contribution in [0, 0.1) is 11.6 Å². The smallest absolute Gasteiger partial charge is 0.265 e. The number of benzene rings is 3. The SMILES string of the molecule is CC(C)(c1cc(Br)cc(NC(=O)c2cc3cc(NS(C)(=O)=O)ccc3s2)c1)c1ccc(F)cc1F. The molecule has 4 rings (SSSR count). The quantitative estimate of drug-likeness (QED) is 0.261. The lowest BCUT2D eigenvalue weighted by atomic mass is 9.77. The highest BCUT2D eigenvalue weighted by Gasteiger charge is 2.27. The molecule has 4 aromatic rings. The van der Waals surface area contributed by atoms with Gasteiger partial charge < -0.3 is 5.32 Å². The van der Waals surface area contributed by atoms with Crippen LogP contribution in [0.25, 0.3) is 10.1 Å². The molecule has 0 saturated carbocycles. The molecule has 10 heteroatoms. The van der Waals surface area contributed by atoms with Gasteiger partial charge in [0.15, 0.2) is 0 Å². The molecule has 3 aromatic carbocycles. The summed E-state index contributed by atoms with van der Waals surface area (Å²) in [6.07, 6.45) is 1.07. The van der Waals surface area contributed by atoms with Gasteiger partial charge in [0.25, 0.3) is 5.91 Å². The lowest BCUT2D eigenvalue weighted by molar-refractivity contribution is 0.103. The van der Waals surface area contributed by atoms with Gasteiger partial charge in [-0.3, -0.25) is 9.52 Å². The molecule has 0 aliphatic heterocycles. The predicted molar refractivity (Wildman–Crippen MR) is 141 cm³/mol. The van der Waals surface area contributed by atoms with Crippen LogP contribution in [0.3, 0.4) is 0 Å². The zero-order chi connectivity index (χ0) is 25.5. The first-order valence-electron chi connectivity index (χ1n) is 10.4. The molecular formula is C25H21BrF2N2O3S2. The molecule has 0 spiro atoms. The first kappa shape index (κ1) is 25.3. The minimum Gasteiger partial charge on any atom is -0.321 e. The molecule has 182 valence electrons. The Kier molecular flexibility index (Phi) is 6.74. The molecule has 0 unspecified atom stereocenters. The number of carbonyl (C=O) groups excluding carboxylic acids is 1. The number of nitrogens with one attached hydrogen (secondary N) is 2. The van der Waals surface area contributed by atoms with Gasteiger partial charge in [-0.15, -0.1) is 11.3 Å². The van der Waals surface area contributed by atoms with Gasteiger partial charge in [-0.25, -0.2) is 17.2 Å². The number of thiophene rings is 1. The number of hydrogen-bond acceptors (Lipinski definition) is 4. The summed E-state index contributed by atoms with van der Waals surface area (Å²) in [4.78, 5) is 13.4. The first-order valence-corrected chi connectivity index (χ1v) is 13.9. The predicted octanol–water partition coefficient (Wildman–Crippen LogP) is 6.89. The molecular weight excluding hydrogens is 558 g/mol. The number of rotatable bonds is 6. The van der Waals surface area contributed by atoms with Crippen LogP contribution in [0.1, 0.15) is 34.6 Å². The van der Waals surface area contributed by atoms with Crippen LogP contribution in [-0.2, 0) is 15.4 Å². The second-order valence-corrected chi connectivity index (χ2v) is 12.4. The Bertz CT molecular complexity index is 1570. The van der Waals surface area contributed by atoms with Crippen molar-refractivity contribution in [3.8, 4) is 0 Å². The van der Waals surface area contributed by atoms with Gasteiger partial charge in [-0.05, 0) is 65.0 Å². The zero-order valence-electron chi connectivity index (χ0n) is 18.9. The Balaban J connectivity index is 1.62. The summed E-state index contributed by atoms with van der Waals surface area (Å²) in [5.74, 6) is -1.62. The van der Waals surface area contributed by atoms with E-state index >= 15 is 0 Å². The summed E-state index contributed by atoms with van der Waals surface area (Å²) in [6, 6.07) is 15.6. The summed E-state index contributed by atoms with van der Waals surface area (Å²) in [7, 11) is -3.41. The second-order valence-electron chi connectivity index (χ2n) is 8.67. The van der Waals surface area contributed by atoms with Crippen molar-refractivity contribution in [3.63, 3.8) is 0 Å². The van der Waals surface area contributed by atoms with Crippen LogP contribution in [0.2, 0.25) is 0 Å². The molecule has 0 bridgehead atoms. The molecule has 1 heterocycles. The number of fused-ring (bicyclic) bond motifs is 1. The fraction of sp³-hybridized carbons (Fsp3) is 0.160. The molecule has 0 radical (unpaired) electrons. The Labute approximate surface area is 214 Å². The van der Waals surface area contributed by atoms with Crippen LogP contribution >= 0.6 is 27.3 Å². The highest BCUT2D eigenvalue weighted by molar-refractivity contribution is 9.10. The van der Waals surface area contributed by atoms with Crippen LogP contribution < -0.4 is 10.0 Å². The molecule has 0 aliphatic carbocycles. The summed E-state index contributed by atoms with van der Waals surface area (Å²) >= 11 is 4.74. The van der Waals surface area contributed by atoms with E-state index in [0.717, 1.165) is 28.0 Å². The van der Waals surface area contributed by atoms with Crippen molar-refractivity contribution in [2.45, 2.75) is 19.3 Å². The van der Waals surface area contributed by atoms with E-state index in [0.29, 0.717) is 26.3 Å². The van der Waals surface area contributed by atoms with Crippen molar-refractivity contribution < 1.29 is 22.0 Å². The van der Waals surface area contributed by atoms with E-state index in [1.807, 2.05) is 19.9 Å². The highest BCUT2D eigenvalue weighted by Crippen LogP contribution is 2.37. The Morgan fingerprint density at radius 3 is 2.40 bits per heavy atom. The largest absolute Gasteiger partial charge is 0.321 e. The number of hydrogen-bond donors (Lipinski definition) is 2. The van der Waals surface area contributed by atoms with Gasteiger partial charge in [0, 0.05) is 32.0 Å². The normalized spacial score (nSPS) is 12.1. The topological polar surface area (TPSA) is 75.3 Å². The van der Waals surface area contributed by atoms with Crippen molar-refractivity contribution in [1.82, 2.24) is 0 Å². The lowest BCUT2D eigenvalue weighted by Gasteiger charge is -2.27. The maximum Gasteiger partial charge on any atom is 0.265 e. The fourth-order valence-electron chi connectivity index (χ4n) is 3.80. The minimum absolute atomic E-state index is 0.331. The third-order valence-electron chi connectivity index (χ3n) is 5.53. The Hall–Kier alpha value is -2.82. The van der Waals surface area contributed by atoms with E-state index in [1.54, 1.807) is 36.4 Å². The molecule has 5 nitrogen and oxygen atoms in total. The number of amides is 1. The summed E-state index contributed by atoms with van der Waals surface area (Å²) < 4.78 is 54.9. The number of anilines is 2. The van der Waals surface area contributed by atoms with E-state index in [4.69, 9.17) is 0 Å². The average Bonchev–Trinajstić information content (AvgIpc) is 3.15. The zero-order valence-corrected chi connectivity index (χ0v) is 22.2. The Morgan fingerprint density at radius 1 is 0.971 bits per heavy atom. The van der Waals surface area contributed by atoms with Crippen LogP contribution in [0.15, 0.2) is 65.1 Å². The van der Waals surface area contributed by atoms with Gasteiger partial charge >= 0.3 is 0 Å². The summed E-state index contributed by atoms with van der Waals surface area (Å²) in [5.41, 5.74) is 1.17. The molecule has 0 saturated heterocycles. The molecule has 0 atom stereocenters. The minimum atomic E-state index is -3.41. The van der Waals surface area contributed by atoms with E-state index in [-0.39, 0.29) is 5.91 Å². The van der Waals surface area contributed by atoms with Crippen molar-refractivity contribution in [2.75, 3.05) is 16.3 Å². The number of carbonyl (C=O) groups is 1. The van der Waals surface area contributed by atoms with Crippen molar-refractivity contribution in [1.29, 1.82) is 0 Å². The summed E-state index contributed by atoms with van der Waals surface area (Å²) in [5, 5.41) is 3.61. The van der Waals surface area contributed by atoms with Gasteiger partial charge in [0.1, 0.15) is 11.6 Å². The number of halogens is 3.